The molecule has 0 fully saturated rings. The summed E-state index contributed by atoms with van der Waals surface area (Å²) in [7, 11) is 0. The van der Waals surface area contributed by atoms with E-state index in [1.807, 2.05) is 0 Å². The van der Waals surface area contributed by atoms with Crippen LogP contribution in [0, 0.1) is 0 Å². The van der Waals surface area contributed by atoms with Crippen LogP contribution in [0.3, 0.4) is 0 Å². The normalized spacial score (nSPS) is 20.0. The Morgan fingerprint density at radius 1 is 1.50 bits per heavy atom. The van der Waals surface area contributed by atoms with Gasteiger partial charge in [0, 0.05) is 16.7 Å². The molecule has 0 bridgehead atoms. The number of hydrogen-bond donors (Lipinski definition) is 2. The molecule has 0 aromatic heterocycles. The molecule has 1 aliphatic heterocycles. The maximum Gasteiger partial charge on any atom is 0.0386 e. The lowest BCUT2D eigenvalue weighted by molar-refractivity contribution is 0.586. The monoisotopic (exact) mass is 254 g/mol. The number of hydrogen-bond acceptors (Lipinski definition) is 2. The van der Waals surface area contributed by atoms with Crippen molar-refractivity contribution in [3.8, 4) is 0 Å². The van der Waals surface area contributed by atoms with Crippen molar-refractivity contribution in [2.45, 2.75) is 18.8 Å². The summed E-state index contributed by atoms with van der Waals surface area (Å²) < 4.78 is 1.14. The van der Waals surface area contributed by atoms with Gasteiger partial charge in [0.2, 0.25) is 0 Å². The molecule has 1 heterocycles. The molecule has 3 heteroatoms. The Morgan fingerprint density at radius 2 is 2.36 bits per heavy atom. The predicted octanol–water partition coefficient (Wildman–Crippen LogP) is 2.70. The van der Waals surface area contributed by atoms with E-state index < -0.39 is 0 Å². The van der Waals surface area contributed by atoms with Gasteiger partial charge in [-0.3, -0.25) is 0 Å². The molecular formula is C11H15BrN2. The quantitative estimate of drug-likeness (QED) is 0.852. The fraction of sp³-hybridized carbons (Fsp3) is 0.455. The van der Waals surface area contributed by atoms with E-state index in [4.69, 9.17) is 5.73 Å². The molecule has 14 heavy (non-hydrogen) atoms. The van der Waals surface area contributed by atoms with Gasteiger partial charge >= 0.3 is 0 Å². The summed E-state index contributed by atoms with van der Waals surface area (Å²) in [6.45, 7) is 1.84. The van der Waals surface area contributed by atoms with Crippen LogP contribution >= 0.6 is 15.9 Å². The first kappa shape index (κ1) is 9.99. The average Bonchev–Trinajstić information content (AvgIpc) is 2.18. The Bertz CT molecular complexity index is 325. The maximum atomic E-state index is 5.62. The molecule has 0 aliphatic carbocycles. The SMILES string of the molecule is NCCC1CCNc2cc(Br)ccc21. The summed E-state index contributed by atoms with van der Waals surface area (Å²) in [5.41, 5.74) is 8.31. The third kappa shape index (κ3) is 1.93. The minimum atomic E-state index is 0.643. The van der Waals surface area contributed by atoms with Gasteiger partial charge in [0.15, 0.2) is 0 Å². The van der Waals surface area contributed by atoms with Crippen LogP contribution < -0.4 is 11.1 Å². The van der Waals surface area contributed by atoms with Crippen molar-refractivity contribution in [3.05, 3.63) is 28.2 Å². The molecule has 1 atom stereocenters. The Labute approximate surface area is 93.0 Å². The van der Waals surface area contributed by atoms with Gasteiger partial charge in [-0.25, -0.2) is 0 Å². The molecule has 0 radical (unpaired) electrons. The van der Waals surface area contributed by atoms with Crippen molar-refractivity contribution in [1.29, 1.82) is 0 Å². The Hall–Kier alpha value is -0.540. The fourth-order valence-electron chi connectivity index (χ4n) is 2.08. The van der Waals surface area contributed by atoms with E-state index in [-0.39, 0.29) is 0 Å². The smallest absolute Gasteiger partial charge is 0.0386 e. The molecule has 1 aromatic carbocycles. The van der Waals surface area contributed by atoms with E-state index >= 15 is 0 Å². The van der Waals surface area contributed by atoms with E-state index in [0.717, 1.165) is 24.0 Å². The number of benzene rings is 1. The van der Waals surface area contributed by atoms with E-state index in [2.05, 4.69) is 39.4 Å². The fourth-order valence-corrected chi connectivity index (χ4v) is 2.44. The van der Waals surface area contributed by atoms with Gasteiger partial charge in [-0.15, -0.1) is 0 Å². The topological polar surface area (TPSA) is 38.0 Å². The average molecular weight is 255 g/mol. The predicted molar refractivity (Wildman–Crippen MR) is 63.7 cm³/mol. The van der Waals surface area contributed by atoms with Gasteiger partial charge < -0.3 is 11.1 Å². The first-order valence-corrected chi connectivity index (χ1v) is 5.84. The molecule has 0 amide bonds. The van der Waals surface area contributed by atoms with Crippen molar-refractivity contribution in [2.75, 3.05) is 18.4 Å². The van der Waals surface area contributed by atoms with Crippen LogP contribution in [0.25, 0.3) is 0 Å². The van der Waals surface area contributed by atoms with Crippen LogP contribution in [0.4, 0.5) is 5.69 Å². The van der Waals surface area contributed by atoms with Crippen molar-refractivity contribution < 1.29 is 0 Å². The molecule has 1 aliphatic rings. The summed E-state index contributed by atoms with van der Waals surface area (Å²) in [5.74, 6) is 0.643. The van der Waals surface area contributed by atoms with E-state index in [9.17, 15) is 0 Å². The van der Waals surface area contributed by atoms with Gasteiger partial charge in [0.25, 0.3) is 0 Å². The van der Waals surface area contributed by atoms with Gasteiger partial charge in [0.1, 0.15) is 0 Å². The molecule has 3 N–H and O–H groups in total. The van der Waals surface area contributed by atoms with Crippen molar-refractivity contribution in [3.63, 3.8) is 0 Å². The lowest BCUT2D eigenvalue weighted by Crippen LogP contribution is -2.19. The van der Waals surface area contributed by atoms with Crippen LogP contribution in [-0.4, -0.2) is 13.1 Å². The summed E-state index contributed by atoms with van der Waals surface area (Å²) in [4.78, 5) is 0. The Morgan fingerprint density at radius 3 is 3.14 bits per heavy atom. The van der Waals surface area contributed by atoms with Crippen LogP contribution in [-0.2, 0) is 0 Å². The third-order valence-electron chi connectivity index (χ3n) is 2.78. The molecule has 1 aromatic rings. The highest BCUT2D eigenvalue weighted by atomic mass is 79.9. The Kier molecular flexibility index (Phi) is 3.08. The molecule has 2 nitrogen and oxygen atoms in total. The van der Waals surface area contributed by atoms with Crippen molar-refractivity contribution >= 4 is 21.6 Å². The van der Waals surface area contributed by atoms with Crippen molar-refractivity contribution in [1.82, 2.24) is 0 Å². The standard InChI is InChI=1S/C11H15BrN2/c12-9-1-2-10-8(3-5-13)4-6-14-11(10)7-9/h1-2,7-8,14H,3-6,13H2. The number of fused-ring (bicyclic) bond motifs is 1. The molecule has 0 saturated carbocycles. The number of nitrogens with one attached hydrogen (secondary N) is 1. The minimum absolute atomic E-state index is 0.643. The summed E-state index contributed by atoms with van der Waals surface area (Å²) >= 11 is 3.48. The number of rotatable bonds is 2. The second-order valence-electron chi connectivity index (χ2n) is 3.72. The highest BCUT2D eigenvalue weighted by molar-refractivity contribution is 9.10. The number of nitrogens with two attached hydrogens (primary N) is 1. The highest BCUT2D eigenvalue weighted by Gasteiger charge is 2.18. The molecule has 2 rings (SSSR count). The van der Waals surface area contributed by atoms with Crippen LogP contribution in [0.2, 0.25) is 0 Å². The van der Waals surface area contributed by atoms with E-state index in [0.29, 0.717) is 5.92 Å². The largest absolute Gasteiger partial charge is 0.385 e. The van der Waals surface area contributed by atoms with Gasteiger partial charge in [-0.1, -0.05) is 22.0 Å². The van der Waals surface area contributed by atoms with Gasteiger partial charge in [-0.2, -0.15) is 0 Å². The van der Waals surface area contributed by atoms with Crippen LogP contribution in [0.1, 0.15) is 24.3 Å². The van der Waals surface area contributed by atoms with Gasteiger partial charge in [-0.05, 0) is 43.0 Å². The second kappa shape index (κ2) is 4.32. The van der Waals surface area contributed by atoms with Crippen LogP contribution in [0.5, 0.6) is 0 Å². The summed E-state index contributed by atoms with van der Waals surface area (Å²) in [6.07, 6.45) is 2.29. The minimum Gasteiger partial charge on any atom is -0.385 e. The molecule has 0 saturated heterocycles. The number of anilines is 1. The zero-order valence-electron chi connectivity index (χ0n) is 8.09. The Balaban J connectivity index is 2.30. The zero-order chi connectivity index (χ0) is 9.97. The van der Waals surface area contributed by atoms with Crippen LogP contribution in [0.15, 0.2) is 22.7 Å². The summed E-state index contributed by atoms with van der Waals surface area (Å²) in [6, 6.07) is 6.46. The first-order chi connectivity index (χ1) is 6.81. The van der Waals surface area contributed by atoms with Gasteiger partial charge in [0.05, 0.1) is 0 Å². The zero-order valence-corrected chi connectivity index (χ0v) is 9.68. The second-order valence-corrected chi connectivity index (χ2v) is 4.64. The van der Waals surface area contributed by atoms with Crippen molar-refractivity contribution in [2.24, 2.45) is 5.73 Å². The summed E-state index contributed by atoms with van der Waals surface area (Å²) in [5, 5.41) is 3.42. The lowest BCUT2D eigenvalue weighted by atomic mass is 9.88. The molecule has 0 spiro atoms. The first-order valence-electron chi connectivity index (χ1n) is 5.04. The lowest BCUT2D eigenvalue weighted by Gasteiger charge is -2.26. The van der Waals surface area contributed by atoms with E-state index in [1.165, 1.54) is 17.7 Å². The highest BCUT2D eigenvalue weighted by Crippen LogP contribution is 2.34. The molecule has 1 unspecified atom stereocenters. The third-order valence-corrected chi connectivity index (χ3v) is 3.27. The number of halogens is 1. The molecule has 76 valence electrons. The maximum absolute atomic E-state index is 5.62. The van der Waals surface area contributed by atoms with E-state index in [1.54, 1.807) is 0 Å². The molecular weight excluding hydrogens is 240 g/mol.